The Morgan fingerprint density at radius 2 is 0.568 bits per heavy atom. The predicted octanol–water partition coefficient (Wildman–Crippen LogP) is -7.26. The zero-order valence-electron chi connectivity index (χ0n) is 18.1. The molecule has 2 aromatic carbocycles. The SMILES string of the molecule is O=[N+]([O-])c1cc([N+](=O)[O-])c([O-])c([N+](=O)[O-])c1[O-].O=[N+]([O-])c1cc([N+](=O)[O-])c([O-])c([N+](=O)[O-])c1[O-].[Ca+2].[K+].[K+]. The van der Waals surface area contributed by atoms with Gasteiger partial charge < -0.3 is 20.4 Å². The summed E-state index contributed by atoms with van der Waals surface area (Å²) < 4.78 is 0. The molecule has 2 rings (SSSR count). The molecule has 0 saturated heterocycles. The minimum absolute atomic E-state index is 0. The Morgan fingerprint density at radius 1 is 0.405 bits per heavy atom. The van der Waals surface area contributed by atoms with E-state index >= 15 is 0 Å². The Bertz CT molecular complexity index is 1120. The summed E-state index contributed by atoms with van der Waals surface area (Å²) in [6, 6.07) is 0.218. The third-order valence-corrected chi connectivity index (χ3v) is 3.49. The van der Waals surface area contributed by atoms with Crippen molar-refractivity contribution in [3.05, 3.63) is 72.8 Å². The first-order valence-corrected chi connectivity index (χ1v) is 7.50. The summed E-state index contributed by atoms with van der Waals surface area (Å²) in [6.07, 6.45) is 0. The van der Waals surface area contributed by atoms with Crippen molar-refractivity contribution in [3.8, 4) is 23.0 Å². The molecule has 0 spiro atoms. The fourth-order valence-electron chi connectivity index (χ4n) is 2.09. The molecule has 37 heavy (non-hydrogen) atoms. The van der Waals surface area contributed by atoms with Gasteiger partial charge >= 0.3 is 141 Å². The van der Waals surface area contributed by atoms with Gasteiger partial charge in [0, 0.05) is 0 Å². The average Bonchev–Trinajstić information content (AvgIpc) is 2.66. The number of nitro benzene ring substituents is 6. The summed E-state index contributed by atoms with van der Waals surface area (Å²) >= 11 is 0. The molecular formula is C12H2CaK2N6O16. The van der Waals surface area contributed by atoms with Crippen molar-refractivity contribution < 1.29 is 153 Å². The first-order valence-electron chi connectivity index (χ1n) is 7.50. The first kappa shape index (κ1) is 40.1. The van der Waals surface area contributed by atoms with Crippen LogP contribution in [0.5, 0.6) is 23.0 Å². The fraction of sp³-hybridized carbons (Fsp3) is 0. The largest absolute Gasteiger partial charge is 2.00 e. The van der Waals surface area contributed by atoms with Crippen molar-refractivity contribution in [2.75, 3.05) is 0 Å². The molecular weight excluding hydrogens is 602 g/mol. The number of benzene rings is 2. The van der Waals surface area contributed by atoms with Gasteiger partial charge in [0.25, 0.3) is 34.1 Å². The molecule has 0 atom stereocenters. The Kier molecular flexibility index (Phi) is 17.9. The van der Waals surface area contributed by atoms with E-state index in [-0.39, 0.29) is 153 Å². The van der Waals surface area contributed by atoms with E-state index in [1.165, 1.54) is 0 Å². The van der Waals surface area contributed by atoms with Gasteiger partial charge in [-0.1, -0.05) is 0 Å². The van der Waals surface area contributed by atoms with E-state index in [0.29, 0.717) is 0 Å². The first-order chi connectivity index (χ1) is 15.5. The number of nitrogens with zero attached hydrogens (tertiary/aromatic N) is 6. The van der Waals surface area contributed by atoms with Crippen molar-refractivity contribution in [1.29, 1.82) is 0 Å². The van der Waals surface area contributed by atoms with Crippen LogP contribution in [0.3, 0.4) is 0 Å². The topological polar surface area (TPSA) is 351 Å². The quantitative estimate of drug-likeness (QED) is 0.168. The van der Waals surface area contributed by atoms with Crippen LogP contribution in [0.25, 0.3) is 0 Å². The normalized spacial score (nSPS) is 9.08. The number of hydrogen-bond donors (Lipinski definition) is 0. The van der Waals surface area contributed by atoms with Gasteiger partial charge in [-0.3, -0.25) is 60.7 Å². The minimum Gasteiger partial charge on any atom is -0.863 e. The van der Waals surface area contributed by atoms with E-state index in [9.17, 15) is 81.1 Å². The van der Waals surface area contributed by atoms with Crippen LogP contribution in [0, 0.1) is 60.7 Å². The summed E-state index contributed by atoms with van der Waals surface area (Å²) in [5.74, 6) is -7.02. The van der Waals surface area contributed by atoms with E-state index < -0.39 is 86.7 Å². The minimum atomic E-state index is -1.75. The van der Waals surface area contributed by atoms with Crippen molar-refractivity contribution in [1.82, 2.24) is 0 Å². The van der Waals surface area contributed by atoms with Crippen molar-refractivity contribution in [3.63, 3.8) is 0 Å². The second kappa shape index (κ2) is 16.5. The molecule has 0 aromatic heterocycles. The Labute approximate surface area is 315 Å². The van der Waals surface area contributed by atoms with Crippen LogP contribution >= 0.6 is 0 Å². The Balaban J connectivity index is -0.000000578. The van der Waals surface area contributed by atoms with E-state index in [2.05, 4.69) is 0 Å². The maximum atomic E-state index is 11.1. The third kappa shape index (κ3) is 9.37. The van der Waals surface area contributed by atoms with Crippen molar-refractivity contribution in [2.45, 2.75) is 0 Å². The van der Waals surface area contributed by atoms with E-state index in [0.717, 1.165) is 0 Å². The predicted molar refractivity (Wildman–Crippen MR) is 96.3 cm³/mol. The second-order valence-corrected chi connectivity index (χ2v) is 5.39. The summed E-state index contributed by atoms with van der Waals surface area (Å²) in [6.45, 7) is 0. The van der Waals surface area contributed by atoms with Gasteiger partial charge in [-0.05, 0) is 0 Å². The number of rotatable bonds is 6. The monoisotopic (exact) mass is 604 g/mol. The molecule has 0 unspecified atom stereocenters. The van der Waals surface area contributed by atoms with Crippen LogP contribution in [-0.4, -0.2) is 67.3 Å². The van der Waals surface area contributed by atoms with E-state index in [1.54, 1.807) is 0 Å². The van der Waals surface area contributed by atoms with Gasteiger partial charge in [-0.2, -0.15) is 0 Å². The van der Waals surface area contributed by atoms with Gasteiger partial charge in [0.1, 0.15) is 0 Å². The molecule has 0 aliphatic carbocycles. The van der Waals surface area contributed by atoms with Crippen LogP contribution in [0.15, 0.2) is 12.1 Å². The molecule has 0 bridgehead atoms. The maximum Gasteiger partial charge on any atom is 2.00 e. The molecule has 0 aliphatic rings. The van der Waals surface area contributed by atoms with E-state index in [4.69, 9.17) is 0 Å². The smallest absolute Gasteiger partial charge is 0.863 e. The molecule has 22 nitrogen and oxygen atoms in total. The fourth-order valence-corrected chi connectivity index (χ4v) is 2.09. The van der Waals surface area contributed by atoms with Crippen LogP contribution in [0.1, 0.15) is 0 Å². The van der Waals surface area contributed by atoms with E-state index in [1.807, 2.05) is 0 Å². The Morgan fingerprint density at radius 3 is 0.676 bits per heavy atom. The van der Waals surface area contributed by atoms with Crippen LogP contribution in [-0.2, 0) is 0 Å². The molecule has 0 fully saturated rings. The summed E-state index contributed by atoms with van der Waals surface area (Å²) in [7, 11) is 0. The molecule has 180 valence electrons. The Hall–Kier alpha value is -1.43. The second-order valence-electron chi connectivity index (χ2n) is 5.39. The van der Waals surface area contributed by atoms with Crippen LogP contribution < -0.4 is 123 Å². The molecule has 0 heterocycles. The third-order valence-electron chi connectivity index (χ3n) is 3.49. The standard InChI is InChI=1S/2C6H3N3O8.Ca.2K/c2*10-5-2(7(12)13)1-3(8(14)15)6(11)4(5)9(16)17;;;/h2*1,10-11H;;;/q;;+2;2*+1/p-4. The zero-order valence-corrected chi connectivity index (χ0v) is 26.5. The van der Waals surface area contributed by atoms with Crippen LogP contribution in [0.2, 0.25) is 0 Å². The molecule has 25 heteroatoms. The number of nitro groups is 6. The molecule has 0 N–H and O–H groups in total. The van der Waals surface area contributed by atoms with Gasteiger partial charge in [0.05, 0.1) is 64.7 Å². The van der Waals surface area contributed by atoms with Crippen LogP contribution in [0.4, 0.5) is 34.1 Å². The molecule has 2 aromatic rings. The molecule has 0 amide bonds. The molecule has 0 radical (unpaired) electrons. The maximum absolute atomic E-state index is 11.1. The molecule has 0 saturated carbocycles. The van der Waals surface area contributed by atoms with Gasteiger partial charge in [-0.15, -0.1) is 0 Å². The summed E-state index contributed by atoms with van der Waals surface area (Å²) in [5, 5.41) is 107. The van der Waals surface area contributed by atoms with Gasteiger partial charge in [0.15, 0.2) is 0 Å². The van der Waals surface area contributed by atoms with Crippen molar-refractivity contribution in [2.24, 2.45) is 0 Å². The summed E-state index contributed by atoms with van der Waals surface area (Å²) in [5.41, 5.74) is -8.95. The zero-order chi connectivity index (χ0) is 26.7. The van der Waals surface area contributed by atoms with Crippen molar-refractivity contribution >= 4 is 71.9 Å². The van der Waals surface area contributed by atoms with Gasteiger partial charge in [0.2, 0.25) is 0 Å². The molecule has 0 aliphatic heterocycles. The average molecular weight is 604 g/mol. The number of hydrogen-bond acceptors (Lipinski definition) is 16. The van der Waals surface area contributed by atoms with Gasteiger partial charge in [-0.25, -0.2) is 0 Å². The summed E-state index contributed by atoms with van der Waals surface area (Å²) in [4.78, 5) is 53.8.